The van der Waals surface area contributed by atoms with Crippen molar-refractivity contribution in [2.75, 3.05) is 50.1 Å². The second-order valence-electron chi connectivity index (χ2n) is 5.77. The lowest BCUT2D eigenvalue weighted by Gasteiger charge is -2.29. The van der Waals surface area contributed by atoms with Crippen LogP contribution >= 0.6 is 0 Å². The van der Waals surface area contributed by atoms with Crippen LogP contribution in [0.2, 0.25) is 0 Å². The first-order valence-corrected chi connectivity index (χ1v) is 9.69. The summed E-state index contributed by atoms with van der Waals surface area (Å²) in [6.07, 6.45) is 0. The van der Waals surface area contributed by atoms with Crippen LogP contribution in [0.15, 0.2) is 47.4 Å². The molecule has 0 aromatic heterocycles. The molecule has 3 rings (SSSR count). The standard InChI is InChI=1S/C18H22N2O5S/c1-23-17-7-6-16(13-18(17)24-2)26(21,22)19-14-4-3-5-15(12-14)20-8-10-25-11-9-20/h3-7,12-13,19H,8-11H2,1-2H3. The van der Waals surface area contributed by atoms with Crippen molar-refractivity contribution in [3.05, 3.63) is 42.5 Å². The third-order valence-corrected chi connectivity index (χ3v) is 5.52. The highest BCUT2D eigenvalue weighted by Crippen LogP contribution is 2.30. The minimum absolute atomic E-state index is 0.104. The van der Waals surface area contributed by atoms with Crippen LogP contribution in [-0.4, -0.2) is 48.9 Å². The molecule has 2 aromatic carbocycles. The summed E-state index contributed by atoms with van der Waals surface area (Å²) in [6.45, 7) is 2.90. The maximum Gasteiger partial charge on any atom is 0.262 e. The lowest BCUT2D eigenvalue weighted by Crippen LogP contribution is -2.36. The number of morpholine rings is 1. The fourth-order valence-electron chi connectivity index (χ4n) is 2.79. The van der Waals surface area contributed by atoms with Gasteiger partial charge in [-0.25, -0.2) is 8.42 Å². The predicted molar refractivity (Wildman–Crippen MR) is 99.8 cm³/mol. The number of nitrogens with zero attached hydrogens (tertiary/aromatic N) is 1. The molecule has 140 valence electrons. The van der Waals surface area contributed by atoms with E-state index in [0.29, 0.717) is 30.4 Å². The van der Waals surface area contributed by atoms with Crippen LogP contribution in [0.1, 0.15) is 0 Å². The minimum atomic E-state index is -3.75. The Morgan fingerprint density at radius 3 is 2.42 bits per heavy atom. The van der Waals surface area contributed by atoms with Gasteiger partial charge < -0.3 is 19.1 Å². The van der Waals surface area contributed by atoms with Gasteiger partial charge in [-0.3, -0.25) is 4.72 Å². The topological polar surface area (TPSA) is 77.1 Å². The lowest BCUT2D eigenvalue weighted by molar-refractivity contribution is 0.122. The molecule has 0 atom stereocenters. The number of rotatable bonds is 6. The van der Waals surface area contributed by atoms with Crippen molar-refractivity contribution >= 4 is 21.4 Å². The van der Waals surface area contributed by atoms with Crippen molar-refractivity contribution in [3.8, 4) is 11.5 Å². The Hall–Kier alpha value is -2.45. The van der Waals surface area contributed by atoms with Gasteiger partial charge >= 0.3 is 0 Å². The van der Waals surface area contributed by atoms with Crippen molar-refractivity contribution in [2.24, 2.45) is 0 Å². The maximum absolute atomic E-state index is 12.7. The van der Waals surface area contributed by atoms with Crippen LogP contribution in [0.25, 0.3) is 0 Å². The van der Waals surface area contributed by atoms with Gasteiger partial charge in [-0.1, -0.05) is 6.07 Å². The summed E-state index contributed by atoms with van der Waals surface area (Å²) >= 11 is 0. The summed E-state index contributed by atoms with van der Waals surface area (Å²) < 4.78 is 43.7. The van der Waals surface area contributed by atoms with Crippen LogP contribution in [0.3, 0.4) is 0 Å². The van der Waals surface area contributed by atoms with Crippen molar-refractivity contribution in [1.82, 2.24) is 0 Å². The van der Waals surface area contributed by atoms with Gasteiger partial charge in [0.1, 0.15) is 0 Å². The van der Waals surface area contributed by atoms with E-state index >= 15 is 0 Å². The summed E-state index contributed by atoms with van der Waals surface area (Å²) in [5, 5.41) is 0. The SMILES string of the molecule is COc1ccc(S(=O)(=O)Nc2cccc(N3CCOCC3)c2)cc1OC. The van der Waals surface area contributed by atoms with E-state index in [0.717, 1.165) is 18.8 Å². The summed E-state index contributed by atoms with van der Waals surface area (Å²) in [6, 6.07) is 11.8. The zero-order chi connectivity index (χ0) is 18.6. The van der Waals surface area contributed by atoms with Crippen molar-refractivity contribution in [1.29, 1.82) is 0 Å². The van der Waals surface area contributed by atoms with E-state index in [1.165, 1.54) is 26.4 Å². The quantitative estimate of drug-likeness (QED) is 0.831. The van der Waals surface area contributed by atoms with E-state index in [1.807, 2.05) is 18.2 Å². The highest BCUT2D eigenvalue weighted by atomic mass is 32.2. The Balaban J connectivity index is 1.83. The lowest BCUT2D eigenvalue weighted by atomic mass is 10.2. The minimum Gasteiger partial charge on any atom is -0.493 e. The molecule has 1 saturated heterocycles. The van der Waals surface area contributed by atoms with Gasteiger partial charge in [0.15, 0.2) is 11.5 Å². The fourth-order valence-corrected chi connectivity index (χ4v) is 3.85. The summed E-state index contributed by atoms with van der Waals surface area (Å²) in [5.41, 5.74) is 1.46. The maximum atomic E-state index is 12.7. The normalized spacial score (nSPS) is 14.8. The van der Waals surface area contributed by atoms with Crippen molar-refractivity contribution in [2.45, 2.75) is 4.90 Å². The van der Waals surface area contributed by atoms with E-state index in [2.05, 4.69) is 9.62 Å². The Labute approximate surface area is 153 Å². The molecule has 1 fully saturated rings. The van der Waals surface area contributed by atoms with Gasteiger partial charge in [0.25, 0.3) is 10.0 Å². The van der Waals surface area contributed by atoms with Gasteiger partial charge in [-0.15, -0.1) is 0 Å². The number of sulfonamides is 1. The molecule has 7 nitrogen and oxygen atoms in total. The molecule has 1 N–H and O–H groups in total. The van der Waals surface area contributed by atoms with E-state index < -0.39 is 10.0 Å². The first-order valence-electron chi connectivity index (χ1n) is 8.21. The number of nitrogens with one attached hydrogen (secondary N) is 1. The Morgan fingerprint density at radius 2 is 1.73 bits per heavy atom. The van der Waals surface area contributed by atoms with Gasteiger partial charge in [0, 0.05) is 24.8 Å². The zero-order valence-corrected chi connectivity index (χ0v) is 15.6. The number of benzene rings is 2. The molecular formula is C18H22N2O5S. The summed E-state index contributed by atoms with van der Waals surface area (Å²) in [7, 11) is -0.780. The second-order valence-corrected chi connectivity index (χ2v) is 7.45. The number of ether oxygens (including phenoxy) is 3. The Bertz CT molecular complexity index is 864. The zero-order valence-electron chi connectivity index (χ0n) is 14.8. The first kappa shape index (κ1) is 18.3. The molecule has 0 bridgehead atoms. The second kappa shape index (κ2) is 7.84. The fraction of sp³-hybridized carbons (Fsp3) is 0.333. The Morgan fingerprint density at radius 1 is 1.00 bits per heavy atom. The molecule has 0 radical (unpaired) electrons. The molecule has 0 unspecified atom stereocenters. The molecule has 26 heavy (non-hydrogen) atoms. The van der Waals surface area contributed by atoms with Crippen LogP contribution in [0, 0.1) is 0 Å². The summed E-state index contributed by atoms with van der Waals surface area (Å²) in [5.74, 6) is 0.832. The molecule has 0 spiro atoms. The molecule has 1 aliphatic rings. The number of anilines is 2. The van der Waals surface area contributed by atoms with Crippen LogP contribution in [-0.2, 0) is 14.8 Å². The monoisotopic (exact) mass is 378 g/mol. The predicted octanol–water partition coefficient (Wildman–Crippen LogP) is 2.34. The van der Waals surface area contributed by atoms with Gasteiger partial charge in [0.05, 0.1) is 38.0 Å². The van der Waals surface area contributed by atoms with E-state index in [1.54, 1.807) is 12.1 Å². The van der Waals surface area contributed by atoms with Crippen molar-refractivity contribution in [3.63, 3.8) is 0 Å². The molecular weight excluding hydrogens is 356 g/mol. The van der Waals surface area contributed by atoms with Gasteiger partial charge in [0.2, 0.25) is 0 Å². The highest BCUT2D eigenvalue weighted by Gasteiger charge is 2.18. The number of hydrogen-bond donors (Lipinski definition) is 1. The smallest absolute Gasteiger partial charge is 0.262 e. The van der Waals surface area contributed by atoms with Crippen LogP contribution in [0.4, 0.5) is 11.4 Å². The molecule has 1 heterocycles. The average molecular weight is 378 g/mol. The van der Waals surface area contributed by atoms with E-state index in [-0.39, 0.29) is 4.90 Å². The van der Waals surface area contributed by atoms with Gasteiger partial charge in [-0.05, 0) is 30.3 Å². The number of hydrogen-bond acceptors (Lipinski definition) is 6. The third-order valence-electron chi connectivity index (χ3n) is 4.14. The van der Waals surface area contributed by atoms with E-state index in [4.69, 9.17) is 14.2 Å². The van der Waals surface area contributed by atoms with Crippen LogP contribution < -0.4 is 19.1 Å². The van der Waals surface area contributed by atoms with Crippen molar-refractivity contribution < 1.29 is 22.6 Å². The molecule has 1 aliphatic heterocycles. The highest BCUT2D eigenvalue weighted by molar-refractivity contribution is 7.92. The molecule has 0 aliphatic carbocycles. The largest absolute Gasteiger partial charge is 0.493 e. The molecule has 2 aromatic rings. The molecule has 8 heteroatoms. The van der Waals surface area contributed by atoms with Gasteiger partial charge in [-0.2, -0.15) is 0 Å². The van der Waals surface area contributed by atoms with E-state index in [9.17, 15) is 8.42 Å². The third kappa shape index (κ3) is 4.03. The summed E-state index contributed by atoms with van der Waals surface area (Å²) in [4.78, 5) is 2.27. The Kier molecular flexibility index (Phi) is 5.53. The van der Waals surface area contributed by atoms with Crippen LogP contribution in [0.5, 0.6) is 11.5 Å². The average Bonchev–Trinajstić information content (AvgIpc) is 2.68. The first-order chi connectivity index (χ1) is 12.5. The molecule has 0 saturated carbocycles. The molecule has 0 amide bonds. The number of methoxy groups -OCH3 is 2.